The second kappa shape index (κ2) is 9.17. The Balaban J connectivity index is 1.77. The number of carbonyl (C=O) groups excluding carboxylic acids is 1. The number of aromatic nitrogens is 4. The van der Waals surface area contributed by atoms with Crippen LogP contribution in [0, 0.1) is 23.3 Å². The highest BCUT2D eigenvalue weighted by molar-refractivity contribution is 5.91. The molecule has 0 saturated carbocycles. The van der Waals surface area contributed by atoms with Crippen molar-refractivity contribution >= 4 is 5.78 Å². The second-order valence-electron chi connectivity index (χ2n) is 7.37. The minimum Gasteiger partial charge on any atom is -0.336 e. The van der Waals surface area contributed by atoms with E-state index in [1.807, 2.05) is 0 Å². The van der Waals surface area contributed by atoms with Crippen molar-refractivity contribution in [3.63, 3.8) is 0 Å². The van der Waals surface area contributed by atoms with E-state index in [0.29, 0.717) is 0 Å². The highest BCUT2D eigenvalue weighted by Gasteiger charge is 2.31. The first-order valence-electron chi connectivity index (χ1n) is 9.77. The monoisotopic (exact) mass is 442 g/mol. The van der Waals surface area contributed by atoms with Gasteiger partial charge in [0.15, 0.2) is 29.1 Å². The lowest BCUT2D eigenvalue weighted by Gasteiger charge is -2.24. The van der Waals surface area contributed by atoms with Crippen LogP contribution < -0.4 is 0 Å². The smallest absolute Gasteiger partial charge is 0.159 e. The summed E-state index contributed by atoms with van der Waals surface area (Å²) in [6.45, 7) is 0.210. The van der Waals surface area contributed by atoms with E-state index >= 15 is 0 Å². The van der Waals surface area contributed by atoms with Crippen LogP contribution in [-0.4, -0.2) is 24.9 Å². The molecule has 0 N–H and O–H groups in total. The molecule has 5 nitrogen and oxygen atoms in total. The quantitative estimate of drug-likeness (QED) is 0.379. The maximum atomic E-state index is 14.0. The van der Waals surface area contributed by atoms with Gasteiger partial charge < -0.3 is 9.13 Å². The molecule has 9 heteroatoms. The van der Waals surface area contributed by atoms with Gasteiger partial charge in [-0.25, -0.2) is 27.5 Å². The number of hydrogen-bond acceptors (Lipinski definition) is 3. The van der Waals surface area contributed by atoms with Crippen molar-refractivity contribution in [2.45, 2.75) is 24.9 Å². The highest BCUT2D eigenvalue weighted by atomic mass is 19.2. The third-order valence-corrected chi connectivity index (χ3v) is 5.28. The van der Waals surface area contributed by atoms with Gasteiger partial charge in [-0.15, -0.1) is 0 Å². The third kappa shape index (κ3) is 4.61. The fraction of sp³-hybridized carbons (Fsp3) is 0.174. The molecule has 0 radical (unpaired) electrons. The van der Waals surface area contributed by atoms with E-state index in [0.717, 1.165) is 24.3 Å². The normalized spacial score (nSPS) is 13.1. The molecule has 0 saturated heterocycles. The first kappa shape index (κ1) is 21.5. The minimum absolute atomic E-state index is 0.105. The Morgan fingerprint density at radius 3 is 1.50 bits per heavy atom. The minimum atomic E-state index is -1.08. The molecule has 0 bridgehead atoms. The van der Waals surface area contributed by atoms with E-state index < -0.39 is 35.1 Å². The summed E-state index contributed by atoms with van der Waals surface area (Å²) in [5.41, 5.74) is 0.529. The van der Waals surface area contributed by atoms with E-state index in [9.17, 15) is 22.4 Å². The molecule has 2 aromatic heterocycles. The zero-order chi connectivity index (χ0) is 22.7. The number of Topliss-reactive ketones (excluding diaryl/α,β-unsaturated/α-hetero) is 1. The Kier molecular flexibility index (Phi) is 6.16. The summed E-state index contributed by atoms with van der Waals surface area (Å²) in [6.07, 6.45) is 9.35. The van der Waals surface area contributed by atoms with Gasteiger partial charge >= 0.3 is 0 Å². The van der Waals surface area contributed by atoms with Crippen molar-refractivity contribution in [1.82, 2.24) is 19.1 Å². The summed E-state index contributed by atoms with van der Waals surface area (Å²) in [5, 5.41) is 0. The zero-order valence-corrected chi connectivity index (χ0v) is 16.7. The summed E-state index contributed by atoms with van der Waals surface area (Å²) in [7, 11) is 0. The van der Waals surface area contributed by atoms with Gasteiger partial charge in [0.1, 0.15) is 0 Å². The SMILES string of the molecule is O=C(C(Cn1ccnc1)c1ccc(F)c(F)c1)C(Cn1ccnc1)c1ccc(F)c(F)c1. The maximum absolute atomic E-state index is 14.0. The number of carbonyl (C=O) groups is 1. The van der Waals surface area contributed by atoms with E-state index in [2.05, 4.69) is 9.97 Å². The van der Waals surface area contributed by atoms with Crippen LogP contribution in [0.25, 0.3) is 0 Å². The molecule has 0 fully saturated rings. The van der Waals surface area contributed by atoms with Crippen LogP contribution in [0.5, 0.6) is 0 Å². The number of nitrogens with zero attached hydrogens (tertiary/aromatic N) is 4. The number of hydrogen-bond donors (Lipinski definition) is 0. The van der Waals surface area contributed by atoms with Gasteiger partial charge in [0.2, 0.25) is 0 Å². The molecule has 0 amide bonds. The average molecular weight is 442 g/mol. The molecule has 32 heavy (non-hydrogen) atoms. The van der Waals surface area contributed by atoms with Gasteiger partial charge in [0.25, 0.3) is 0 Å². The number of imidazole rings is 2. The predicted octanol–water partition coefficient (Wildman–Crippen LogP) is 4.47. The average Bonchev–Trinajstić information content (AvgIpc) is 3.48. The van der Waals surface area contributed by atoms with E-state index in [1.54, 1.807) is 21.5 Å². The molecule has 2 aromatic carbocycles. The van der Waals surface area contributed by atoms with Crippen molar-refractivity contribution in [2.24, 2.45) is 0 Å². The number of rotatable bonds is 8. The van der Waals surface area contributed by atoms with Crippen LogP contribution in [0.2, 0.25) is 0 Å². The molecule has 0 spiro atoms. The first-order chi connectivity index (χ1) is 15.4. The van der Waals surface area contributed by atoms with Gasteiger partial charge in [-0.2, -0.15) is 0 Å². The Morgan fingerprint density at radius 1 is 0.719 bits per heavy atom. The molecule has 2 atom stereocenters. The van der Waals surface area contributed by atoms with Crippen LogP contribution in [0.15, 0.2) is 73.8 Å². The van der Waals surface area contributed by atoms with Crippen LogP contribution >= 0.6 is 0 Å². The van der Waals surface area contributed by atoms with Crippen LogP contribution in [0.4, 0.5) is 17.6 Å². The van der Waals surface area contributed by atoms with Crippen LogP contribution in [0.1, 0.15) is 23.0 Å². The van der Waals surface area contributed by atoms with Gasteiger partial charge in [0.05, 0.1) is 24.5 Å². The standard InChI is InChI=1S/C23H18F4N4O/c24-19-3-1-15(9-21(19)26)17(11-30-7-5-28-13-30)23(32)18(12-31-8-6-29-14-31)16-2-4-20(25)22(27)10-16/h1-10,13-14,17-18H,11-12H2. The van der Waals surface area contributed by atoms with Crippen LogP contribution in [0.3, 0.4) is 0 Å². The third-order valence-electron chi connectivity index (χ3n) is 5.28. The Hall–Kier alpha value is -3.75. The van der Waals surface area contributed by atoms with Crippen molar-refractivity contribution in [3.8, 4) is 0 Å². The van der Waals surface area contributed by atoms with Gasteiger partial charge in [-0.1, -0.05) is 12.1 Å². The van der Waals surface area contributed by atoms with Crippen molar-refractivity contribution in [1.29, 1.82) is 0 Å². The molecular weight excluding hydrogens is 424 g/mol. The van der Waals surface area contributed by atoms with Crippen LogP contribution in [-0.2, 0) is 17.9 Å². The predicted molar refractivity (Wildman–Crippen MR) is 108 cm³/mol. The summed E-state index contributed by atoms with van der Waals surface area (Å²) < 4.78 is 58.4. The molecule has 0 aliphatic carbocycles. The topological polar surface area (TPSA) is 52.7 Å². The van der Waals surface area contributed by atoms with Gasteiger partial charge in [-0.05, 0) is 35.4 Å². The van der Waals surface area contributed by atoms with E-state index in [4.69, 9.17) is 0 Å². The molecule has 4 rings (SSSR count). The fourth-order valence-corrected chi connectivity index (χ4v) is 3.63. The van der Waals surface area contributed by atoms with Crippen molar-refractivity contribution < 1.29 is 22.4 Å². The summed E-state index contributed by atoms with van der Waals surface area (Å²) in [5.74, 6) is -6.39. The van der Waals surface area contributed by atoms with Crippen molar-refractivity contribution in [2.75, 3.05) is 0 Å². The van der Waals surface area contributed by atoms with E-state index in [-0.39, 0.29) is 30.0 Å². The Labute approximate surface area is 181 Å². The number of halogens is 4. The van der Waals surface area contributed by atoms with E-state index in [1.165, 1.54) is 37.2 Å². The first-order valence-corrected chi connectivity index (χ1v) is 9.77. The maximum Gasteiger partial charge on any atom is 0.159 e. The fourth-order valence-electron chi connectivity index (χ4n) is 3.63. The van der Waals surface area contributed by atoms with Gasteiger partial charge in [0, 0.05) is 37.9 Å². The zero-order valence-electron chi connectivity index (χ0n) is 16.7. The molecule has 4 aromatic rings. The lowest BCUT2D eigenvalue weighted by atomic mass is 9.83. The summed E-state index contributed by atoms with van der Waals surface area (Å²) in [4.78, 5) is 21.7. The molecule has 0 aliphatic heterocycles. The lowest BCUT2D eigenvalue weighted by Crippen LogP contribution is -2.27. The lowest BCUT2D eigenvalue weighted by molar-refractivity contribution is -0.122. The summed E-state index contributed by atoms with van der Waals surface area (Å²) >= 11 is 0. The molecule has 0 aliphatic rings. The Morgan fingerprint density at radius 2 is 1.16 bits per heavy atom. The Bertz CT molecular complexity index is 1120. The van der Waals surface area contributed by atoms with Gasteiger partial charge in [-0.3, -0.25) is 4.79 Å². The molecule has 2 heterocycles. The number of benzene rings is 2. The van der Waals surface area contributed by atoms with Crippen molar-refractivity contribution in [3.05, 3.63) is 108 Å². The summed E-state index contributed by atoms with van der Waals surface area (Å²) in [6, 6.07) is 6.57. The second-order valence-corrected chi connectivity index (χ2v) is 7.37. The highest BCUT2D eigenvalue weighted by Crippen LogP contribution is 2.31. The molecule has 164 valence electrons. The largest absolute Gasteiger partial charge is 0.336 e. The molecule has 2 unspecified atom stereocenters. The molecular formula is C23H18F4N4O. The number of ketones is 1.